The summed E-state index contributed by atoms with van der Waals surface area (Å²) in [5.74, 6) is -0.243. The fourth-order valence-corrected chi connectivity index (χ4v) is 5.21. The number of nitrogens with zero attached hydrogens (tertiary/aromatic N) is 2. The van der Waals surface area contributed by atoms with Gasteiger partial charge >= 0.3 is 0 Å². The summed E-state index contributed by atoms with van der Waals surface area (Å²) in [4.78, 5) is 30.4. The number of aliphatic hydroxyl groups is 1. The number of anilines is 1. The molecule has 2 fully saturated rings. The summed E-state index contributed by atoms with van der Waals surface area (Å²) in [5.41, 5.74) is 2.39. The van der Waals surface area contributed by atoms with Crippen LogP contribution in [0.4, 0.5) is 5.69 Å². The molecule has 2 aliphatic heterocycles. The third kappa shape index (κ3) is 3.89. The van der Waals surface area contributed by atoms with Crippen LogP contribution in [0, 0.1) is 0 Å². The number of carbonyl (C=O) groups excluding carboxylic acids is 2. The van der Waals surface area contributed by atoms with Crippen molar-refractivity contribution in [3.05, 3.63) is 59.2 Å². The topological polar surface area (TPSA) is 79.3 Å². The molecule has 178 valence electrons. The number of benzene rings is 2. The molecule has 1 saturated carbocycles. The number of aliphatic hydroxyl groups excluding tert-OH is 1. The van der Waals surface area contributed by atoms with E-state index >= 15 is 0 Å². The van der Waals surface area contributed by atoms with Gasteiger partial charge in [0.1, 0.15) is 19.0 Å². The summed E-state index contributed by atoms with van der Waals surface area (Å²) in [6, 6.07) is 12.3. The fourth-order valence-electron chi connectivity index (χ4n) is 5.21. The third-order valence-corrected chi connectivity index (χ3v) is 6.99. The van der Waals surface area contributed by atoms with Crippen molar-refractivity contribution in [2.75, 3.05) is 32.2 Å². The molecule has 1 aliphatic carbocycles. The number of ether oxygens (including phenoxy) is 2. The van der Waals surface area contributed by atoms with E-state index in [1.165, 1.54) is 0 Å². The highest BCUT2D eigenvalue weighted by Crippen LogP contribution is 2.44. The number of amides is 1. The maximum atomic E-state index is 13.3. The maximum Gasteiger partial charge on any atom is 0.295 e. The van der Waals surface area contributed by atoms with Crippen LogP contribution in [-0.2, 0) is 9.59 Å². The Labute approximate surface area is 199 Å². The normalized spacial score (nSPS) is 22.2. The first-order valence-corrected chi connectivity index (χ1v) is 11.9. The van der Waals surface area contributed by atoms with E-state index in [1.807, 2.05) is 43.3 Å². The highest BCUT2D eigenvalue weighted by Gasteiger charge is 2.48. The lowest BCUT2D eigenvalue weighted by molar-refractivity contribution is -0.141. The average Bonchev–Trinajstić information content (AvgIpc) is 3.14. The molecule has 0 radical (unpaired) electrons. The molecule has 1 unspecified atom stereocenters. The van der Waals surface area contributed by atoms with Gasteiger partial charge in [0.25, 0.3) is 11.7 Å². The second kappa shape index (κ2) is 9.05. The second-order valence-electron chi connectivity index (χ2n) is 9.34. The molecule has 1 N–H and O–H groups in total. The van der Waals surface area contributed by atoms with E-state index in [0.29, 0.717) is 30.3 Å². The number of hydrogen-bond donors (Lipinski definition) is 1. The zero-order chi connectivity index (χ0) is 23.8. The molecular weight excluding hydrogens is 432 g/mol. The Balaban J connectivity index is 1.62. The lowest BCUT2D eigenvalue weighted by Gasteiger charge is -2.35. The zero-order valence-corrected chi connectivity index (χ0v) is 19.6. The van der Waals surface area contributed by atoms with Crippen LogP contribution < -0.4 is 14.4 Å². The Kier molecular flexibility index (Phi) is 5.94. The first-order chi connectivity index (χ1) is 16.5. The van der Waals surface area contributed by atoms with Gasteiger partial charge in [-0.1, -0.05) is 31.4 Å². The van der Waals surface area contributed by atoms with Gasteiger partial charge in [0.2, 0.25) is 0 Å². The lowest BCUT2D eigenvalue weighted by atomic mass is 9.91. The van der Waals surface area contributed by atoms with Crippen molar-refractivity contribution in [2.24, 2.45) is 0 Å². The van der Waals surface area contributed by atoms with Gasteiger partial charge in [0, 0.05) is 31.4 Å². The van der Waals surface area contributed by atoms with Crippen molar-refractivity contribution in [2.45, 2.75) is 44.2 Å². The number of rotatable bonds is 4. The maximum absolute atomic E-state index is 13.3. The largest absolute Gasteiger partial charge is 0.507 e. The van der Waals surface area contributed by atoms with Crippen molar-refractivity contribution >= 4 is 23.1 Å². The SMILES string of the molecule is CN(C)c1ccc(C2/C(=C(/O)c3ccc4c(c3)OCCO4)C(=O)C(=O)N2C2CCCCC2)cc1. The van der Waals surface area contributed by atoms with Crippen LogP contribution in [0.25, 0.3) is 5.76 Å². The fraction of sp³-hybridized carbons (Fsp3) is 0.407. The van der Waals surface area contributed by atoms with Crippen LogP contribution in [0.3, 0.4) is 0 Å². The van der Waals surface area contributed by atoms with Gasteiger partial charge < -0.3 is 24.4 Å². The van der Waals surface area contributed by atoms with Gasteiger partial charge in [-0.25, -0.2) is 0 Å². The van der Waals surface area contributed by atoms with E-state index in [4.69, 9.17) is 9.47 Å². The van der Waals surface area contributed by atoms with Crippen LogP contribution in [0.1, 0.15) is 49.3 Å². The van der Waals surface area contributed by atoms with Crippen LogP contribution in [0.2, 0.25) is 0 Å². The van der Waals surface area contributed by atoms with E-state index in [0.717, 1.165) is 43.4 Å². The number of likely N-dealkylation sites (tertiary alicyclic amines) is 1. The highest BCUT2D eigenvalue weighted by molar-refractivity contribution is 6.46. The van der Waals surface area contributed by atoms with Crippen molar-refractivity contribution in [1.29, 1.82) is 0 Å². The van der Waals surface area contributed by atoms with Crippen LogP contribution >= 0.6 is 0 Å². The molecule has 1 atom stereocenters. The van der Waals surface area contributed by atoms with Crippen molar-refractivity contribution in [1.82, 2.24) is 4.90 Å². The summed E-state index contributed by atoms with van der Waals surface area (Å²) in [5, 5.41) is 11.4. The Bertz CT molecular complexity index is 1130. The lowest BCUT2D eigenvalue weighted by Crippen LogP contribution is -2.40. The molecule has 1 amide bonds. The van der Waals surface area contributed by atoms with E-state index in [2.05, 4.69) is 0 Å². The summed E-state index contributed by atoms with van der Waals surface area (Å²) in [6.07, 6.45) is 4.93. The predicted molar refractivity (Wildman–Crippen MR) is 129 cm³/mol. The summed E-state index contributed by atoms with van der Waals surface area (Å²) in [6.45, 7) is 0.884. The van der Waals surface area contributed by atoms with Crippen molar-refractivity contribution in [3.63, 3.8) is 0 Å². The molecular formula is C27H30N2O5. The summed E-state index contributed by atoms with van der Waals surface area (Å²) in [7, 11) is 3.93. The van der Waals surface area contributed by atoms with Crippen molar-refractivity contribution < 1.29 is 24.2 Å². The minimum Gasteiger partial charge on any atom is -0.507 e. The smallest absolute Gasteiger partial charge is 0.295 e. The first kappa shape index (κ1) is 22.3. The van der Waals surface area contributed by atoms with Gasteiger partial charge in [0.05, 0.1) is 11.6 Å². The number of Topliss-reactive ketones (excluding diaryl/α,β-unsaturated/α-hetero) is 1. The molecule has 3 aliphatic rings. The Morgan fingerprint density at radius 3 is 2.29 bits per heavy atom. The van der Waals surface area contributed by atoms with Gasteiger partial charge in [-0.15, -0.1) is 0 Å². The molecule has 2 heterocycles. The molecule has 5 rings (SSSR count). The quantitative estimate of drug-likeness (QED) is 0.415. The molecule has 0 aromatic heterocycles. The second-order valence-corrected chi connectivity index (χ2v) is 9.34. The summed E-state index contributed by atoms with van der Waals surface area (Å²) >= 11 is 0. The number of fused-ring (bicyclic) bond motifs is 1. The number of hydrogen-bond acceptors (Lipinski definition) is 6. The number of carbonyl (C=O) groups is 2. The molecule has 7 nitrogen and oxygen atoms in total. The molecule has 2 aromatic rings. The van der Waals surface area contributed by atoms with Crippen LogP contribution in [0.15, 0.2) is 48.0 Å². The Hall–Kier alpha value is -3.48. The minimum absolute atomic E-state index is 0.0192. The van der Waals surface area contributed by atoms with E-state index in [1.54, 1.807) is 23.1 Å². The molecule has 7 heteroatoms. The van der Waals surface area contributed by atoms with E-state index in [9.17, 15) is 14.7 Å². The van der Waals surface area contributed by atoms with E-state index < -0.39 is 17.7 Å². The minimum atomic E-state index is -0.639. The average molecular weight is 463 g/mol. The zero-order valence-electron chi connectivity index (χ0n) is 19.6. The molecule has 1 saturated heterocycles. The van der Waals surface area contributed by atoms with Crippen LogP contribution in [0.5, 0.6) is 11.5 Å². The molecule has 2 aromatic carbocycles. The van der Waals surface area contributed by atoms with E-state index in [-0.39, 0.29) is 17.4 Å². The number of ketones is 1. The van der Waals surface area contributed by atoms with Crippen molar-refractivity contribution in [3.8, 4) is 11.5 Å². The van der Waals surface area contributed by atoms with Gasteiger partial charge in [0.15, 0.2) is 11.5 Å². The Morgan fingerprint density at radius 2 is 1.62 bits per heavy atom. The standard InChI is InChI=1S/C27H30N2O5/c1-28(2)19-11-8-17(9-12-19)24-23(26(31)27(32)29(24)20-6-4-3-5-7-20)25(30)18-10-13-21-22(16-18)34-15-14-33-21/h8-13,16,20,24,30H,3-7,14-15H2,1-2H3/b25-23-. The molecule has 0 spiro atoms. The van der Waals surface area contributed by atoms with Gasteiger partial charge in [-0.2, -0.15) is 0 Å². The Morgan fingerprint density at radius 1 is 0.941 bits per heavy atom. The highest BCUT2D eigenvalue weighted by atomic mass is 16.6. The molecule has 0 bridgehead atoms. The first-order valence-electron chi connectivity index (χ1n) is 11.9. The summed E-state index contributed by atoms with van der Waals surface area (Å²) < 4.78 is 11.2. The van der Waals surface area contributed by atoms with Crippen LogP contribution in [-0.4, -0.2) is 55.0 Å². The monoisotopic (exact) mass is 462 g/mol. The van der Waals surface area contributed by atoms with Gasteiger partial charge in [-0.05, 0) is 48.7 Å². The molecule has 34 heavy (non-hydrogen) atoms. The van der Waals surface area contributed by atoms with Gasteiger partial charge in [-0.3, -0.25) is 9.59 Å². The third-order valence-electron chi connectivity index (χ3n) is 6.99. The predicted octanol–water partition coefficient (Wildman–Crippen LogP) is 4.28.